The third-order valence-electron chi connectivity index (χ3n) is 5.10. The fourth-order valence-corrected chi connectivity index (χ4v) is 3.67. The summed E-state index contributed by atoms with van der Waals surface area (Å²) in [5, 5.41) is 1.37. The first-order valence-electron chi connectivity index (χ1n) is 9.42. The van der Waals surface area contributed by atoms with Gasteiger partial charge in [-0.1, -0.05) is 72.8 Å². The number of fused-ring (bicyclic) bond motifs is 3. The van der Waals surface area contributed by atoms with Gasteiger partial charge in [0.15, 0.2) is 5.69 Å². The van der Waals surface area contributed by atoms with Crippen LogP contribution in [0.15, 0.2) is 91.1 Å². The van der Waals surface area contributed by atoms with Gasteiger partial charge in [-0.15, -0.1) is 0 Å². The second-order valence-corrected chi connectivity index (χ2v) is 7.05. The maximum atomic E-state index is 13.9. The minimum absolute atomic E-state index is 0.0656. The van der Waals surface area contributed by atoms with Crippen LogP contribution in [-0.4, -0.2) is 9.97 Å². The predicted molar refractivity (Wildman–Crippen MR) is 113 cm³/mol. The van der Waals surface area contributed by atoms with E-state index in [1.807, 2.05) is 42.5 Å². The molecule has 0 amide bonds. The van der Waals surface area contributed by atoms with E-state index in [1.54, 1.807) is 48.7 Å². The van der Waals surface area contributed by atoms with Gasteiger partial charge in [0.05, 0.1) is 11.0 Å². The topological polar surface area (TPSA) is 25.8 Å². The highest BCUT2D eigenvalue weighted by atomic mass is 19.4. The molecule has 0 unspecified atom stereocenters. The Morgan fingerprint density at radius 2 is 1.20 bits per heavy atom. The molecule has 5 aromatic rings. The average molecular weight is 400 g/mol. The van der Waals surface area contributed by atoms with E-state index in [0.29, 0.717) is 16.5 Å². The molecule has 0 spiro atoms. The lowest BCUT2D eigenvalue weighted by Gasteiger charge is -2.14. The maximum Gasteiger partial charge on any atom is 0.433 e. The van der Waals surface area contributed by atoms with E-state index in [9.17, 15) is 13.2 Å². The molecule has 0 saturated heterocycles. The highest BCUT2D eigenvalue weighted by molar-refractivity contribution is 6.04. The van der Waals surface area contributed by atoms with E-state index in [0.717, 1.165) is 16.5 Å². The van der Waals surface area contributed by atoms with Gasteiger partial charge in [0.1, 0.15) is 0 Å². The van der Waals surface area contributed by atoms with Crippen molar-refractivity contribution in [3.63, 3.8) is 0 Å². The molecule has 0 fully saturated rings. The Kier molecular flexibility index (Phi) is 4.24. The molecule has 0 bridgehead atoms. The smallest absolute Gasteiger partial charge is 0.253 e. The molecule has 30 heavy (non-hydrogen) atoms. The Morgan fingerprint density at radius 3 is 1.83 bits per heavy atom. The van der Waals surface area contributed by atoms with Gasteiger partial charge in [-0.2, -0.15) is 13.2 Å². The van der Waals surface area contributed by atoms with Crippen LogP contribution in [0.2, 0.25) is 0 Å². The summed E-state index contributed by atoms with van der Waals surface area (Å²) >= 11 is 0. The zero-order valence-electron chi connectivity index (χ0n) is 15.7. The Bertz CT molecular complexity index is 1360. The van der Waals surface area contributed by atoms with Crippen LogP contribution in [0.4, 0.5) is 13.2 Å². The van der Waals surface area contributed by atoms with E-state index in [1.165, 1.54) is 0 Å². The van der Waals surface area contributed by atoms with E-state index >= 15 is 0 Å². The maximum absolute atomic E-state index is 13.9. The molecule has 0 aliphatic carbocycles. The number of rotatable bonds is 2. The highest BCUT2D eigenvalue weighted by Gasteiger charge is 2.36. The van der Waals surface area contributed by atoms with Crippen LogP contribution < -0.4 is 0 Å². The van der Waals surface area contributed by atoms with Crippen LogP contribution in [0.25, 0.3) is 44.1 Å². The first-order chi connectivity index (χ1) is 14.5. The number of hydrogen-bond acceptors (Lipinski definition) is 2. The third-order valence-corrected chi connectivity index (χ3v) is 5.10. The Morgan fingerprint density at radius 1 is 0.600 bits per heavy atom. The standard InChI is InChI=1S/C25H15F3N2/c26-25(27,28)24-21(17-9-5-2-6-10-17)14-19-12-11-18-13-20(16-7-3-1-4-8-16)15-29-22(18)23(19)30-24/h1-15H. The van der Waals surface area contributed by atoms with E-state index in [4.69, 9.17) is 0 Å². The Balaban J connectivity index is 1.76. The van der Waals surface area contributed by atoms with Crippen molar-refractivity contribution in [2.45, 2.75) is 6.18 Å². The first kappa shape index (κ1) is 18.3. The number of aromatic nitrogens is 2. The number of nitrogens with zero attached hydrogens (tertiary/aromatic N) is 2. The number of benzene rings is 3. The van der Waals surface area contributed by atoms with E-state index in [2.05, 4.69) is 9.97 Å². The summed E-state index contributed by atoms with van der Waals surface area (Å²) in [5.74, 6) is 0. The molecule has 0 atom stereocenters. The van der Waals surface area contributed by atoms with Gasteiger partial charge < -0.3 is 0 Å². The molecule has 5 heteroatoms. The van der Waals surface area contributed by atoms with Crippen LogP contribution in [-0.2, 0) is 6.18 Å². The number of hydrogen-bond donors (Lipinski definition) is 0. The van der Waals surface area contributed by atoms with Crippen LogP contribution >= 0.6 is 0 Å². The van der Waals surface area contributed by atoms with Gasteiger partial charge in [-0.05, 0) is 23.3 Å². The normalized spacial score (nSPS) is 11.8. The van der Waals surface area contributed by atoms with Gasteiger partial charge in [-0.25, -0.2) is 4.98 Å². The summed E-state index contributed by atoms with van der Waals surface area (Å²) < 4.78 is 41.6. The largest absolute Gasteiger partial charge is 0.433 e. The van der Waals surface area contributed by atoms with Crippen molar-refractivity contribution in [3.8, 4) is 22.3 Å². The number of halogens is 3. The van der Waals surface area contributed by atoms with Gasteiger partial charge >= 0.3 is 6.18 Å². The van der Waals surface area contributed by atoms with Crippen LogP contribution in [0.1, 0.15) is 5.69 Å². The van der Waals surface area contributed by atoms with Crippen LogP contribution in [0, 0.1) is 0 Å². The monoisotopic (exact) mass is 400 g/mol. The lowest BCUT2D eigenvalue weighted by Crippen LogP contribution is -2.10. The van der Waals surface area contributed by atoms with Crippen molar-refractivity contribution >= 4 is 21.8 Å². The molecule has 2 nitrogen and oxygen atoms in total. The Labute approximate surface area is 170 Å². The fraction of sp³-hybridized carbons (Fsp3) is 0.0400. The molecule has 146 valence electrons. The van der Waals surface area contributed by atoms with Gasteiger partial charge in [0, 0.05) is 28.1 Å². The molecule has 0 aliphatic heterocycles. The van der Waals surface area contributed by atoms with Gasteiger partial charge in [0.25, 0.3) is 0 Å². The third kappa shape index (κ3) is 3.18. The summed E-state index contributed by atoms with van der Waals surface area (Å²) in [7, 11) is 0. The Hall–Kier alpha value is -3.73. The van der Waals surface area contributed by atoms with Crippen molar-refractivity contribution in [1.82, 2.24) is 9.97 Å². The van der Waals surface area contributed by atoms with Gasteiger partial charge in [-0.3, -0.25) is 4.98 Å². The first-order valence-corrected chi connectivity index (χ1v) is 9.42. The molecule has 2 aromatic heterocycles. The van der Waals surface area contributed by atoms with Crippen LogP contribution in [0.3, 0.4) is 0 Å². The molecule has 2 heterocycles. The molecule has 0 N–H and O–H groups in total. The zero-order chi connectivity index (χ0) is 20.7. The molecular weight excluding hydrogens is 385 g/mol. The zero-order valence-corrected chi connectivity index (χ0v) is 15.7. The minimum Gasteiger partial charge on any atom is -0.253 e. The van der Waals surface area contributed by atoms with Crippen molar-refractivity contribution in [3.05, 3.63) is 96.8 Å². The summed E-state index contributed by atoms with van der Waals surface area (Å²) in [6.45, 7) is 0. The fourth-order valence-electron chi connectivity index (χ4n) is 3.67. The van der Waals surface area contributed by atoms with Gasteiger partial charge in [0.2, 0.25) is 0 Å². The summed E-state index contributed by atoms with van der Waals surface area (Å²) in [5.41, 5.74) is 2.25. The molecule has 0 saturated carbocycles. The average Bonchev–Trinajstić information content (AvgIpc) is 2.78. The highest BCUT2D eigenvalue weighted by Crippen LogP contribution is 2.38. The second-order valence-electron chi connectivity index (χ2n) is 7.05. The summed E-state index contributed by atoms with van der Waals surface area (Å²) in [4.78, 5) is 8.55. The second kappa shape index (κ2) is 6.95. The summed E-state index contributed by atoms with van der Waals surface area (Å²) in [6.07, 6.45) is -2.90. The molecular formula is C25H15F3N2. The lowest BCUT2D eigenvalue weighted by molar-refractivity contribution is -0.140. The molecule has 5 rings (SSSR count). The van der Waals surface area contributed by atoms with Crippen molar-refractivity contribution in [2.24, 2.45) is 0 Å². The van der Waals surface area contributed by atoms with Crippen molar-refractivity contribution in [2.75, 3.05) is 0 Å². The predicted octanol–water partition coefficient (Wildman–Crippen LogP) is 7.14. The number of pyridine rings is 2. The minimum atomic E-state index is -4.58. The quantitative estimate of drug-likeness (QED) is 0.294. The summed E-state index contributed by atoms with van der Waals surface area (Å²) in [6, 6.07) is 25.4. The van der Waals surface area contributed by atoms with E-state index < -0.39 is 11.9 Å². The van der Waals surface area contributed by atoms with Crippen LogP contribution in [0.5, 0.6) is 0 Å². The van der Waals surface area contributed by atoms with E-state index in [-0.39, 0.29) is 11.1 Å². The number of alkyl halides is 3. The molecule has 0 radical (unpaired) electrons. The molecule has 0 aliphatic rings. The SMILES string of the molecule is FC(F)(F)c1nc2c(ccc3cc(-c4ccccc4)cnc32)cc1-c1ccccc1. The lowest BCUT2D eigenvalue weighted by atomic mass is 9.99. The van der Waals surface area contributed by atoms with Crippen molar-refractivity contribution < 1.29 is 13.2 Å². The van der Waals surface area contributed by atoms with Crippen molar-refractivity contribution in [1.29, 1.82) is 0 Å². The molecule has 3 aromatic carbocycles.